The number of nitrogens with two attached hydrogens (primary N) is 1. The summed E-state index contributed by atoms with van der Waals surface area (Å²) in [5.74, 6) is -5.30. The fourth-order valence-electron chi connectivity index (χ4n) is 1.48. The maximum atomic E-state index is 11.5. The van der Waals surface area contributed by atoms with Crippen LogP contribution in [0.5, 0.6) is 0 Å². The Balaban J connectivity index is 4.25. The predicted molar refractivity (Wildman–Crippen MR) is 74.3 cm³/mol. The molecular weight excluding hydrogens is 314 g/mol. The number of hydrogen-bond donors (Lipinski definition) is 6. The van der Waals surface area contributed by atoms with Gasteiger partial charge in [-0.25, -0.2) is 4.79 Å². The summed E-state index contributed by atoms with van der Waals surface area (Å²) in [5.41, 5.74) is 5.42. The van der Waals surface area contributed by atoms with Crippen LogP contribution < -0.4 is 16.4 Å². The normalized spacial score (nSPS) is 12.7. The van der Waals surface area contributed by atoms with Crippen molar-refractivity contribution >= 4 is 29.7 Å². The largest absolute Gasteiger partial charge is 0.481 e. The summed E-state index contributed by atoms with van der Waals surface area (Å²) >= 11 is 0. The highest BCUT2D eigenvalue weighted by atomic mass is 16.4. The predicted octanol–water partition coefficient (Wildman–Crippen LogP) is -2.27. The van der Waals surface area contributed by atoms with Crippen molar-refractivity contribution in [2.75, 3.05) is 6.54 Å². The second-order valence-electron chi connectivity index (χ2n) is 4.65. The minimum absolute atomic E-state index is 0.112. The van der Waals surface area contributed by atoms with Gasteiger partial charge in [-0.05, 0) is 12.8 Å². The minimum Gasteiger partial charge on any atom is -0.481 e. The van der Waals surface area contributed by atoms with Gasteiger partial charge in [0.05, 0.1) is 12.6 Å². The zero-order chi connectivity index (χ0) is 18.0. The van der Waals surface area contributed by atoms with Gasteiger partial charge in [-0.15, -0.1) is 0 Å². The van der Waals surface area contributed by atoms with E-state index in [4.69, 9.17) is 21.1 Å². The number of amides is 2. The maximum absolute atomic E-state index is 11.5. The molecule has 0 aromatic carbocycles. The molecule has 11 nitrogen and oxygen atoms in total. The van der Waals surface area contributed by atoms with E-state index >= 15 is 0 Å². The van der Waals surface area contributed by atoms with Gasteiger partial charge in [0.2, 0.25) is 11.8 Å². The van der Waals surface area contributed by atoms with Crippen molar-refractivity contribution in [3.05, 3.63) is 0 Å². The van der Waals surface area contributed by atoms with E-state index in [-0.39, 0.29) is 19.3 Å². The lowest BCUT2D eigenvalue weighted by atomic mass is 10.1. The van der Waals surface area contributed by atoms with Gasteiger partial charge in [-0.1, -0.05) is 0 Å². The lowest BCUT2D eigenvalue weighted by molar-refractivity contribution is -0.143. The molecule has 2 amide bonds. The first-order valence-corrected chi connectivity index (χ1v) is 6.62. The summed E-state index contributed by atoms with van der Waals surface area (Å²) in [6.45, 7) is -0.559. The highest BCUT2D eigenvalue weighted by Crippen LogP contribution is 1.98. The number of aliphatic carboxylic acids is 3. The molecule has 0 aliphatic rings. The SMILES string of the molecule is N[C@@H](CCC(=O)O)C(=O)NCC(=O)N[C@H](CCC(=O)O)C(=O)O. The molecule has 0 aromatic rings. The molecule has 0 aromatic heterocycles. The van der Waals surface area contributed by atoms with Crippen molar-refractivity contribution in [1.29, 1.82) is 0 Å². The van der Waals surface area contributed by atoms with Gasteiger partial charge in [0, 0.05) is 12.8 Å². The van der Waals surface area contributed by atoms with Crippen LogP contribution in [0.2, 0.25) is 0 Å². The highest BCUT2D eigenvalue weighted by Gasteiger charge is 2.22. The van der Waals surface area contributed by atoms with Crippen LogP contribution in [0, 0.1) is 0 Å². The van der Waals surface area contributed by atoms with Gasteiger partial charge in [0.15, 0.2) is 0 Å². The molecule has 7 N–H and O–H groups in total. The first-order chi connectivity index (χ1) is 10.6. The van der Waals surface area contributed by atoms with Gasteiger partial charge >= 0.3 is 17.9 Å². The molecule has 130 valence electrons. The van der Waals surface area contributed by atoms with E-state index in [0.29, 0.717) is 0 Å². The Hall–Kier alpha value is -2.69. The standard InChI is InChI=1S/C12H19N3O8/c13-6(1-3-9(17)18)11(21)14-5-8(16)15-7(12(22)23)2-4-10(19)20/h6-7H,1-5,13H2,(H,14,21)(H,15,16)(H,17,18)(H,19,20)(H,22,23)/t6-,7+/m0/s1. The number of carbonyl (C=O) groups excluding carboxylic acids is 2. The molecular formula is C12H19N3O8. The molecule has 0 heterocycles. The first kappa shape index (κ1) is 20.3. The Morgan fingerprint density at radius 1 is 0.913 bits per heavy atom. The van der Waals surface area contributed by atoms with E-state index in [1.807, 2.05) is 0 Å². The molecule has 0 fully saturated rings. The van der Waals surface area contributed by atoms with Crippen molar-refractivity contribution < 1.29 is 39.3 Å². The van der Waals surface area contributed by atoms with Crippen LogP contribution >= 0.6 is 0 Å². The zero-order valence-electron chi connectivity index (χ0n) is 12.2. The number of hydrogen-bond acceptors (Lipinski definition) is 6. The summed E-state index contributed by atoms with van der Waals surface area (Å²) in [4.78, 5) is 54.6. The van der Waals surface area contributed by atoms with Gasteiger partial charge in [0.1, 0.15) is 6.04 Å². The molecule has 0 aliphatic carbocycles. The van der Waals surface area contributed by atoms with E-state index in [1.54, 1.807) is 0 Å². The Kier molecular flexibility index (Phi) is 8.92. The van der Waals surface area contributed by atoms with E-state index in [9.17, 15) is 24.0 Å². The summed E-state index contributed by atoms with van der Waals surface area (Å²) in [6, 6.07) is -2.50. The average molecular weight is 333 g/mol. The van der Waals surface area contributed by atoms with E-state index in [0.717, 1.165) is 0 Å². The third-order valence-electron chi connectivity index (χ3n) is 2.71. The molecule has 0 radical (unpaired) electrons. The Bertz CT molecular complexity index is 479. The molecule has 2 atom stereocenters. The molecule has 11 heteroatoms. The molecule has 0 saturated carbocycles. The van der Waals surface area contributed by atoms with Crippen molar-refractivity contribution in [3.63, 3.8) is 0 Å². The van der Waals surface area contributed by atoms with Crippen LogP contribution in [0.1, 0.15) is 25.7 Å². The first-order valence-electron chi connectivity index (χ1n) is 6.62. The summed E-state index contributed by atoms with van der Waals surface area (Å²) in [5, 5.41) is 30.0. The maximum Gasteiger partial charge on any atom is 0.326 e. The van der Waals surface area contributed by atoms with Crippen LogP contribution in [0.4, 0.5) is 0 Å². The third-order valence-corrected chi connectivity index (χ3v) is 2.71. The van der Waals surface area contributed by atoms with Crippen LogP contribution in [0.25, 0.3) is 0 Å². The Morgan fingerprint density at radius 3 is 1.91 bits per heavy atom. The van der Waals surface area contributed by atoms with Gasteiger partial charge < -0.3 is 31.7 Å². The van der Waals surface area contributed by atoms with Crippen molar-refractivity contribution in [2.24, 2.45) is 5.73 Å². The van der Waals surface area contributed by atoms with E-state index < -0.39 is 54.8 Å². The smallest absolute Gasteiger partial charge is 0.326 e. The Morgan fingerprint density at radius 2 is 1.43 bits per heavy atom. The summed E-state index contributed by atoms with van der Waals surface area (Å²) in [6.07, 6.45) is -1.16. The summed E-state index contributed by atoms with van der Waals surface area (Å²) < 4.78 is 0. The topological polar surface area (TPSA) is 196 Å². The number of rotatable bonds is 11. The number of carboxylic acids is 3. The number of nitrogens with one attached hydrogen (secondary N) is 2. The number of carbonyl (C=O) groups is 5. The molecule has 0 saturated heterocycles. The quantitative estimate of drug-likeness (QED) is 0.241. The third kappa shape index (κ3) is 9.79. The minimum atomic E-state index is -1.40. The van der Waals surface area contributed by atoms with Crippen LogP contribution in [-0.2, 0) is 24.0 Å². The lowest BCUT2D eigenvalue weighted by Gasteiger charge is -2.15. The van der Waals surface area contributed by atoms with E-state index in [1.165, 1.54) is 0 Å². The second-order valence-corrected chi connectivity index (χ2v) is 4.65. The van der Waals surface area contributed by atoms with Crippen LogP contribution in [0.15, 0.2) is 0 Å². The van der Waals surface area contributed by atoms with Crippen molar-refractivity contribution in [1.82, 2.24) is 10.6 Å². The van der Waals surface area contributed by atoms with Crippen molar-refractivity contribution in [3.8, 4) is 0 Å². The number of carboxylic acid groups (broad SMARTS) is 3. The highest BCUT2D eigenvalue weighted by molar-refractivity contribution is 5.89. The van der Waals surface area contributed by atoms with Crippen LogP contribution in [0.3, 0.4) is 0 Å². The molecule has 0 spiro atoms. The van der Waals surface area contributed by atoms with Crippen LogP contribution in [-0.4, -0.2) is 63.7 Å². The van der Waals surface area contributed by atoms with Gasteiger partial charge in [0.25, 0.3) is 0 Å². The average Bonchev–Trinajstić information content (AvgIpc) is 2.45. The fraction of sp³-hybridized carbons (Fsp3) is 0.583. The molecule has 0 rings (SSSR count). The molecule has 0 aliphatic heterocycles. The van der Waals surface area contributed by atoms with Crippen molar-refractivity contribution in [2.45, 2.75) is 37.8 Å². The molecule has 0 bridgehead atoms. The van der Waals surface area contributed by atoms with E-state index in [2.05, 4.69) is 10.6 Å². The fourth-order valence-corrected chi connectivity index (χ4v) is 1.48. The Labute approximate surface area is 130 Å². The van der Waals surface area contributed by atoms with Gasteiger partial charge in [-0.2, -0.15) is 0 Å². The lowest BCUT2D eigenvalue weighted by Crippen LogP contribution is -2.48. The van der Waals surface area contributed by atoms with Gasteiger partial charge in [-0.3, -0.25) is 19.2 Å². The summed E-state index contributed by atoms with van der Waals surface area (Å²) in [7, 11) is 0. The second kappa shape index (κ2) is 10.1. The molecule has 0 unspecified atom stereocenters. The zero-order valence-corrected chi connectivity index (χ0v) is 12.2. The monoisotopic (exact) mass is 333 g/mol. The molecule has 23 heavy (non-hydrogen) atoms.